The summed E-state index contributed by atoms with van der Waals surface area (Å²) in [6, 6.07) is 66.6. The number of nitrogens with zero attached hydrogens (tertiary/aromatic N) is 2. The summed E-state index contributed by atoms with van der Waals surface area (Å²) in [5.74, 6) is 0. The van der Waals surface area contributed by atoms with Crippen molar-refractivity contribution in [2.45, 2.75) is 0 Å². The van der Waals surface area contributed by atoms with E-state index in [4.69, 9.17) is 0 Å². The molecule has 0 unspecified atom stereocenters. The third-order valence-corrected chi connectivity index (χ3v) is 11.7. The number of hydrogen-bond donors (Lipinski definition) is 0. The summed E-state index contributed by atoms with van der Waals surface area (Å²) in [6.45, 7) is 0. The van der Waals surface area contributed by atoms with Crippen molar-refractivity contribution in [1.82, 2.24) is 9.13 Å². The fraction of sp³-hybridized carbons (Fsp3) is 0. The van der Waals surface area contributed by atoms with Crippen LogP contribution in [0.3, 0.4) is 0 Å². The van der Waals surface area contributed by atoms with Crippen molar-refractivity contribution in [3.8, 4) is 33.6 Å². The Labute approximate surface area is 298 Å². The summed E-state index contributed by atoms with van der Waals surface area (Å²) >= 11 is 1.88. The minimum absolute atomic E-state index is 1.17. The molecule has 0 fully saturated rings. The first-order valence-electron chi connectivity index (χ1n) is 17.4. The van der Waals surface area contributed by atoms with Crippen molar-refractivity contribution >= 4 is 75.1 Å². The molecule has 3 heteroatoms. The molecule has 0 aliphatic heterocycles. The van der Waals surface area contributed by atoms with Gasteiger partial charge < -0.3 is 9.13 Å². The Morgan fingerprint density at radius 1 is 0.353 bits per heavy atom. The molecule has 11 aromatic rings. The molecular weight excluding hydrogens is 637 g/mol. The number of rotatable bonds is 4. The van der Waals surface area contributed by atoms with Gasteiger partial charge >= 0.3 is 0 Å². The zero-order chi connectivity index (χ0) is 33.5. The van der Waals surface area contributed by atoms with Gasteiger partial charge in [0.2, 0.25) is 0 Å². The summed E-state index contributed by atoms with van der Waals surface area (Å²) in [4.78, 5) is 0. The van der Waals surface area contributed by atoms with Crippen molar-refractivity contribution in [1.29, 1.82) is 0 Å². The van der Waals surface area contributed by atoms with E-state index in [-0.39, 0.29) is 0 Å². The minimum atomic E-state index is 1.17. The first-order valence-corrected chi connectivity index (χ1v) is 18.3. The van der Waals surface area contributed by atoms with E-state index in [1.165, 1.54) is 97.4 Å². The van der Waals surface area contributed by atoms with Crippen LogP contribution in [-0.4, -0.2) is 9.13 Å². The summed E-state index contributed by atoms with van der Waals surface area (Å²) < 4.78 is 7.52. The number of para-hydroxylation sites is 2. The highest BCUT2D eigenvalue weighted by Gasteiger charge is 2.19. The molecule has 0 N–H and O–H groups in total. The molecule has 3 aromatic heterocycles. The Kier molecular flexibility index (Phi) is 6.16. The third-order valence-electron chi connectivity index (χ3n) is 10.5. The Bertz CT molecular complexity index is 3130. The monoisotopic (exact) mass is 666 g/mol. The topological polar surface area (TPSA) is 9.86 Å². The summed E-state index contributed by atoms with van der Waals surface area (Å²) in [5, 5.41) is 7.69. The van der Waals surface area contributed by atoms with Gasteiger partial charge in [-0.05, 0) is 82.9 Å². The fourth-order valence-corrected chi connectivity index (χ4v) is 9.49. The minimum Gasteiger partial charge on any atom is -0.309 e. The second-order valence-corrected chi connectivity index (χ2v) is 14.4. The van der Waals surface area contributed by atoms with Crippen molar-refractivity contribution in [3.63, 3.8) is 0 Å². The van der Waals surface area contributed by atoms with Crippen LogP contribution in [-0.2, 0) is 0 Å². The standard InChI is InChI=1S/C48H30N2S/c1-3-13-31(14-4-1)35-19-11-22-44-47(35)40-30-33(26-28-43(40)49(44)34-15-5-2-6-16-34)32-25-27-42-39(29-32)36-17-7-9-21-41(36)50(42)45-23-12-20-38-37-18-8-10-24-46(37)51-48(38)45/h1-30H. The summed E-state index contributed by atoms with van der Waals surface area (Å²) in [7, 11) is 0. The Hall–Kier alpha value is -6.42. The van der Waals surface area contributed by atoms with Crippen LogP contribution >= 0.6 is 11.3 Å². The van der Waals surface area contributed by atoms with Gasteiger partial charge in [-0.15, -0.1) is 11.3 Å². The van der Waals surface area contributed by atoms with Crippen LogP contribution in [0.5, 0.6) is 0 Å². The lowest BCUT2D eigenvalue weighted by atomic mass is 9.97. The van der Waals surface area contributed by atoms with Gasteiger partial charge in [0.15, 0.2) is 0 Å². The van der Waals surface area contributed by atoms with Crippen LogP contribution in [0.1, 0.15) is 0 Å². The third kappa shape index (κ3) is 4.22. The van der Waals surface area contributed by atoms with Crippen LogP contribution < -0.4 is 0 Å². The van der Waals surface area contributed by atoms with Crippen LogP contribution in [0.15, 0.2) is 182 Å². The van der Waals surface area contributed by atoms with E-state index in [0.29, 0.717) is 0 Å². The predicted octanol–water partition coefficient (Wildman–Crippen LogP) is 13.6. The average Bonchev–Trinajstić information content (AvgIpc) is 3.86. The average molecular weight is 667 g/mol. The van der Waals surface area contributed by atoms with Crippen LogP contribution in [0.25, 0.3) is 97.4 Å². The lowest BCUT2D eigenvalue weighted by molar-refractivity contribution is 1.18. The van der Waals surface area contributed by atoms with Gasteiger partial charge in [-0.25, -0.2) is 0 Å². The number of benzene rings is 8. The second kappa shape index (κ2) is 11.0. The first kappa shape index (κ1) is 28.4. The molecule has 11 rings (SSSR count). The normalized spacial score (nSPS) is 11.9. The van der Waals surface area contributed by atoms with Gasteiger partial charge in [-0.1, -0.05) is 121 Å². The smallest absolute Gasteiger partial charge is 0.0640 e. The second-order valence-electron chi connectivity index (χ2n) is 13.3. The number of hydrogen-bond acceptors (Lipinski definition) is 1. The molecular formula is C48H30N2S. The molecule has 0 spiro atoms. The largest absolute Gasteiger partial charge is 0.309 e. The fourth-order valence-electron chi connectivity index (χ4n) is 8.28. The van der Waals surface area contributed by atoms with Crippen LogP contribution in [0, 0.1) is 0 Å². The zero-order valence-corrected chi connectivity index (χ0v) is 28.4. The van der Waals surface area contributed by atoms with E-state index in [0.717, 1.165) is 0 Å². The molecule has 0 saturated heterocycles. The molecule has 8 aromatic carbocycles. The SMILES string of the molecule is c1ccc(-c2cccc3c2c2cc(-c4ccc5c(c4)c4ccccc4n5-c4cccc5c4sc4ccccc45)ccc2n3-c2ccccc2)cc1. The quantitative estimate of drug-likeness (QED) is 0.177. The highest BCUT2D eigenvalue weighted by Crippen LogP contribution is 2.43. The molecule has 51 heavy (non-hydrogen) atoms. The lowest BCUT2D eigenvalue weighted by Crippen LogP contribution is -1.94. The van der Waals surface area contributed by atoms with Gasteiger partial charge in [-0.3, -0.25) is 0 Å². The number of thiophene rings is 1. The van der Waals surface area contributed by atoms with Crippen molar-refractivity contribution in [3.05, 3.63) is 182 Å². The molecule has 3 heterocycles. The van der Waals surface area contributed by atoms with E-state index < -0.39 is 0 Å². The maximum atomic E-state index is 2.47. The Morgan fingerprint density at radius 2 is 0.961 bits per heavy atom. The highest BCUT2D eigenvalue weighted by atomic mass is 32.1. The van der Waals surface area contributed by atoms with E-state index in [2.05, 4.69) is 191 Å². The molecule has 0 saturated carbocycles. The van der Waals surface area contributed by atoms with Gasteiger partial charge in [0.25, 0.3) is 0 Å². The lowest BCUT2D eigenvalue weighted by Gasteiger charge is -2.10. The molecule has 238 valence electrons. The Morgan fingerprint density at radius 3 is 1.78 bits per heavy atom. The van der Waals surface area contributed by atoms with Crippen LogP contribution in [0.2, 0.25) is 0 Å². The van der Waals surface area contributed by atoms with E-state index in [1.807, 2.05) is 11.3 Å². The molecule has 0 aliphatic carbocycles. The molecule has 0 aliphatic rings. The first-order chi connectivity index (χ1) is 25.3. The Balaban J connectivity index is 1.15. The maximum absolute atomic E-state index is 2.47. The summed E-state index contributed by atoms with van der Waals surface area (Å²) in [5.41, 5.74) is 12.2. The summed E-state index contributed by atoms with van der Waals surface area (Å²) in [6.07, 6.45) is 0. The molecule has 2 nitrogen and oxygen atoms in total. The molecule has 0 radical (unpaired) electrons. The van der Waals surface area contributed by atoms with Crippen molar-refractivity contribution < 1.29 is 0 Å². The zero-order valence-electron chi connectivity index (χ0n) is 27.6. The molecule has 0 atom stereocenters. The number of fused-ring (bicyclic) bond motifs is 9. The maximum Gasteiger partial charge on any atom is 0.0640 e. The van der Waals surface area contributed by atoms with E-state index in [9.17, 15) is 0 Å². The van der Waals surface area contributed by atoms with Gasteiger partial charge in [-0.2, -0.15) is 0 Å². The van der Waals surface area contributed by atoms with Gasteiger partial charge in [0, 0.05) is 42.7 Å². The molecule has 0 bridgehead atoms. The predicted molar refractivity (Wildman–Crippen MR) is 219 cm³/mol. The van der Waals surface area contributed by atoms with E-state index in [1.54, 1.807) is 0 Å². The molecule has 0 amide bonds. The van der Waals surface area contributed by atoms with Gasteiger partial charge in [0.1, 0.15) is 0 Å². The van der Waals surface area contributed by atoms with E-state index >= 15 is 0 Å². The van der Waals surface area contributed by atoms with Crippen molar-refractivity contribution in [2.24, 2.45) is 0 Å². The van der Waals surface area contributed by atoms with Crippen molar-refractivity contribution in [2.75, 3.05) is 0 Å². The van der Waals surface area contributed by atoms with Crippen LogP contribution in [0.4, 0.5) is 0 Å². The highest BCUT2D eigenvalue weighted by molar-refractivity contribution is 7.26. The number of aromatic nitrogens is 2. The van der Waals surface area contributed by atoms with Gasteiger partial charge in [0.05, 0.1) is 32.5 Å².